The molecule has 1 amide bonds. The molecule has 1 saturated heterocycles. The van der Waals surface area contributed by atoms with Crippen molar-refractivity contribution in [1.29, 1.82) is 0 Å². The van der Waals surface area contributed by atoms with Crippen LogP contribution >= 0.6 is 15.9 Å². The van der Waals surface area contributed by atoms with Crippen LogP contribution in [0.2, 0.25) is 5.04 Å². The van der Waals surface area contributed by atoms with E-state index in [1.165, 1.54) is 10.4 Å². The van der Waals surface area contributed by atoms with E-state index in [-0.39, 0.29) is 16.9 Å². The topological polar surface area (TPSA) is 81.1 Å². The molecule has 1 aliphatic rings. The number of methoxy groups -OCH3 is 1. The van der Waals surface area contributed by atoms with Gasteiger partial charge in [0.1, 0.15) is 22.1 Å². The summed E-state index contributed by atoms with van der Waals surface area (Å²) in [5.74, 6) is 0.734. The third-order valence-electron chi connectivity index (χ3n) is 9.81. The molecule has 2 heterocycles. The van der Waals surface area contributed by atoms with Gasteiger partial charge in [0.2, 0.25) is 0 Å². The maximum atomic E-state index is 13.8. The van der Waals surface area contributed by atoms with E-state index >= 15 is 0 Å². The maximum absolute atomic E-state index is 13.8. The number of aliphatic hydroxyl groups excluding tert-OH is 1. The van der Waals surface area contributed by atoms with Gasteiger partial charge in [-0.3, -0.25) is 0 Å². The van der Waals surface area contributed by atoms with Gasteiger partial charge < -0.3 is 23.9 Å². The van der Waals surface area contributed by atoms with E-state index in [4.69, 9.17) is 13.9 Å². The Morgan fingerprint density at radius 3 is 2.18 bits per heavy atom. The predicted molar refractivity (Wildman–Crippen MR) is 208 cm³/mol. The highest BCUT2D eigenvalue weighted by molar-refractivity contribution is 9.10. The lowest BCUT2D eigenvalue weighted by Gasteiger charge is -2.46. The Balaban J connectivity index is 1.50. The summed E-state index contributed by atoms with van der Waals surface area (Å²) in [5.41, 5.74) is 0.683. The van der Waals surface area contributed by atoms with Gasteiger partial charge in [-0.1, -0.05) is 87.5 Å². The summed E-state index contributed by atoms with van der Waals surface area (Å²) in [6.45, 7) is 17.5. The molecule has 0 unspecified atom stereocenters. The summed E-state index contributed by atoms with van der Waals surface area (Å²) in [5, 5.41) is 15.4. The Kier molecular flexibility index (Phi) is 11.6. The largest absolute Gasteiger partial charge is 0.497 e. The first-order chi connectivity index (χ1) is 23.7. The molecule has 5 rings (SSSR count). The SMILES string of the molecule is C=C[C@H]1CN(C(=O)OC(C)(C)C)[C@H]([C@H](O)c2cc(Br)nc3ccc(OC)cc23)C[C@@H]1CCO[Si](c1ccccc1)(c1ccccc1)C(C)(C)C. The Bertz CT molecular complexity index is 1730. The molecule has 4 aromatic rings. The van der Waals surface area contributed by atoms with Crippen molar-refractivity contribution < 1.29 is 23.8 Å². The Labute approximate surface area is 306 Å². The summed E-state index contributed by atoms with van der Waals surface area (Å²) in [4.78, 5) is 20.2. The fraction of sp³-hybridized carbons (Fsp3) is 0.415. The summed E-state index contributed by atoms with van der Waals surface area (Å²) < 4.78 is 19.3. The summed E-state index contributed by atoms with van der Waals surface area (Å²) in [7, 11) is -1.13. The average molecular weight is 760 g/mol. The van der Waals surface area contributed by atoms with Crippen LogP contribution in [0.15, 0.2) is 102 Å². The Morgan fingerprint density at radius 2 is 1.64 bits per heavy atom. The molecule has 4 atom stereocenters. The first-order valence-electron chi connectivity index (χ1n) is 17.4. The number of hydrogen-bond donors (Lipinski definition) is 1. The minimum atomic E-state index is -2.75. The molecular weight excluding hydrogens is 708 g/mol. The Hall–Kier alpha value is -3.50. The molecule has 0 saturated carbocycles. The highest BCUT2D eigenvalue weighted by atomic mass is 79.9. The van der Waals surface area contributed by atoms with Crippen molar-refractivity contribution in [1.82, 2.24) is 9.88 Å². The van der Waals surface area contributed by atoms with E-state index in [1.54, 1.807) is 12.0 Å². The molecule has 0 radical (unpaired) electrons. The second kappa shape index (κ2) is 15.4. The maximum Gasteiger partial charge on any atom is 0.410 e. The number of pyridine rings is 1. The lowest BCUT2D eigenvalue weighted by Crippen LogP contribution is -2.66. The fourth-order valence-corrected chi connectivity index (χ4v) is 12.5. The van der Waals surface area contributed by atoms with Gasteiger partial charge in [-0.15, -0.1) is 6.58 Å². The van der Waals surface area contributed by atoms with E-state index in [1.807, 2.05) is 51.1 Å². The van der Waals surface area contributed by atoms with Crippen LogP contribution in [0.5, 0.6) is 5.75 Å². The number of carbonyl (C=O) groups is 1. The lowest BCUT2D eigenvalue weighted by molar-refractivity contribution is -0.0353. The third-order valence-corrected chi connectivity index (χ3v) is 15.3. The van der Waals surface area contributed by atoms with Crippen molar-refractivity contribution in [3.05, 3.63) is 108 Å². The van der Waals surface area contributed by atoms with Crippen LogP contribution in [0.4, 0.5) is 4.79 Å². The van der Waals surface area contributed by atoms with Crippen LogP contribution in [0, 0.1) is 11.8 Å². The zero-order chi connectivity index (χ0) is 36.3. The zero-order valence-electron chi connectivity index (χ0n) is 30.4. The highest BCUT2D eigenvalue weighted by Gasteiger charge is 2.50. The van der Waals surface area contributed by atoms with E-state index in [9.17, 15) is 9.90 Å². The molecule has 9 heteroatoms. The van der Waals surface area contributed by atoms with E-state index in [0.29, 0.717) is 41.0 Å². The quantitative estimate of drug-likeness (QED) is 0.0994. The average Bonchev–Trinajstić information content (AvgIpc) is 3.08. The lowest BCUT2D eigenvalue weighted by atomic mass is 9.77. The van der Waals surface area contributed by atoms with E-state index < -0.39 is 32.2 Å². The highest BCUT2D eigenvalue weighted by Crippen LogP contribution is 2.41. The van der Waals surface area contributed by atoms with Crippen LogP contribution in [0.1, 0.15) is 66.1 Å². The molecule has 1 aromatic heterocycles. The number of aromatic nitrogens is 1. The minimum Gasteiger partial charge on any atom is -0.497 e. The monoisotopic (exact) mass is 758 g/mol. The number of benzene rings is 3. The number of piperidine rings is 1. The molecule has 7 nitrogen and oxygen atoms in total. The van der Waals surface area contributed by atoms with Crippen LogP contribution < -0.4 is 15.1 Å². The minimum absolute atomic E-state index is 0.0188. The number of likely N-dealkylation sites (tertiary alicyclic amines) is 1. The van der Waals surface area contributed by atoms with E-state index in [2.05, 4.69) is 109 Å². The van der Waals surface area contributed by atoms with Crippen LogP contribution in [0.25, 0.3) is 10.9 Å². The number of nitrogens with zero attached hydrogens (tertiary/aromatic N) is 2. The van der Waals surface area contributed by atoms with Gasteiger partial charge in [0, 0.05) is 18.5 Å². The summed E-state index contributed by atoms with van der Waals surface area (Å²) >= 11 is 3.55. The number of fused-ring (bicyclic) bond motifs is 1. The number of aliphatic hydroxyl groups is 1. The number of ether oxygens (including phenoxy) is 2. The number of rotatable bonds is 10. The Morgan fingerprint density at radius 1 is 1.02 bits per heavy atom. The fourth-order valence-electron chi connectivity index (χ4n) is 7.45. The molecule has 1 aliphatic heterocycles. The molecule has 0 aliphatic carbocycles. The van der Waals surface area contributed by atoms with Gasteiger partial charge in [0.05, 0.1) is 18.7 Å². The zero-order valence-corrected chi connectivity index (χ0v) is 32.9. The van der Waals surface area contributed by atoms with Crippen molar-refractivity contribution in [3.8, 4) is 5.75 Å². The standard InChI is InChI=1S/C41H51BrN2O5Si/c1-9-28-27-44(39(46)49-40(2,3)4)36(38(45)34-26-37(42)43-35-21-20-30(47-8)25-33(34)35)24-29(28)22-23-48-50(41(5,6)7,31-16-12-10-13-17-31)32-18-14-11-15-19-32/h9-21,25-26,28-29,36,38,45H,1,22-24,27H2,2-8H3/t28-,29-,36-,38+/m0/s1. The normalized spacial score (nSPS) is 19.2. The van der Waals surface area contributed by atoms with Gasteiger partial charge in [-0.25, -0.2) is 9.78 Å². The number of halogens is 1. The van der Waals surface area contributed by atoms with Crippen molar-refractivity contribution in [3.63, 3.8) is 0 Å². The molecular formula is C41H51BrN2O5Si. The third kappa shape index (κ3) is 8.01. The van der Waals surface area contributed by atoms with Crippen molar-refractivity contribution in [2.24, 2.45) is 11.8 Å². The van der Waals surface area contributed by atoms with Gasteiger partial charge in [-0.05, 0) is 107 Å². The number of carbonyl (C=O) groups excluding carboxylic acids is 1. The van der Waals surface area contributed by atoms with Gasteiger partial charge in [0.15, 0.2) is 0 Å². The summed E-state index contributed by atoms with van der Waals surface area (Å²) in [6, 6.07) is 28.2. The smallest absolute Gasteiger partial charge is 0.410 e. The second-order valence-electron chi connectivity index (χ2n) is 15.3. The predicted octanol–water partition coefficient (Wildman–Crippen LogP) is 8.43. The van der Waals surface area contributed by atoms with Gasteiger partial charge in [0.25, 0.3) is 8.32 Å². The second-order valence-corrected chi connectivity index (χ2v) is 20.4. The van der Waals surface area contributed by atoms with Crippen LogP contribution in [0.3, 0.4) is 0 Å². The van der Waals surface area contributed by atoms with Crippen molar-refractivity contribution in [2.45, 2.75) is 77.2 Å². The molecule has 266 valence electrons. The van der Waals surface area contributed by atoms with Crippen molar-refractivity contribution >= 4 is 51.6 Å². The van der Waals surface area contributed by atoms with Gasteiger partial charge >= 0.3 is 6.09 Å². The molecule has 0 bridgehead atoms. The molecule has 3 aromatic carbocycles. The van der Waals surface area contributed by atoms with Crippen LogP contribution in [-0.2, 0) is 9.16 Å². The molecule has 1 N–H and O–H groups in total. The summed E-state index contributed by atoms with van der Waals surface area (Å²) in [6.07, 6.45) is 1.73. The molecule has 0 spiro atoms. The molecule has 50 heavy (non-hydrogen) atoms. The van der Waals surface area contributed by atoms with Crippen molar-refractivity contribution in [2.75, 3.05) is 20.3 Å². The molecule has 1 fully saturated rings. The number of amides is 1. The van der Waals surface area contributed by atoms with Gasteiger partial charge in [-0.2, -0.15) is 0 Å². The van der Waals surface area contributed by atoms with Crippen LogP contribution in [-0.4, -0.2) is 61.3 Å². The first kappa shape index (κ1) is 37.7. The van der Waals surface area contributed by atoms with E-state index in [0.717, 1.165) is 11.8 Å². The first-order valence-corrected chi connectivity index (χ1v) is 20.1. The number of hydrogen-bond acceptors (Lipinski definition) is 6.